The summed E-state index contributed by atoms with van der Waals surface area (Å²) in [6, 6.07) is 13.9. The number of carboxylic acids is 1. The standard InChI is InChI=1S/C28H30N2O7/c1-3-15-29(18-9-11-19(36-2)12-10-18)26(33)24-28-14-13-21(37-28)22(27(34)35)23(28)25(32)30(24)20(16-31)17-7-5-4-6-8-17/h3-12,20-24,31H,1,13-16H2,2H3,(H,34,35)/t20-,21+,22-,23-,24+,28-/m1/s1. The lowest BCUT2D eigenvalue weighted by atomic mass is 9.70. The second-order valence-corrected chi connectivity index (χ2v) is 9.68. The molecule has 3 heterocycles. The van der Waals surface area contributed by atoms with Gasteiger partial charge in [0.05, 0.1) is 37.7 Å². The molecule has 3 fully saturated rings. The molecule has 0 unspecified atom stereocenters. The number of aliphatic hydroxyl groups excluding tert-OH is 1. The normalized spacial score (nSPS) is 28.6. The fourth-order valence-electron chi connectivity index (χ4n) is 6.38. The van der Waals surface area contributed by atoms with Crippen molar-refractivity contribution in [2.75, 3.05) is 25.2 Å². The van der Waals surface area contributed by atoms with Crippen molar-refractivity contribution in [2.24, 2.45) is 11.8 Å². The van der Waals surface area contributed by atoms with Gasteiger partial charge in [0.2, 0.25) is 5.91 Å². The van der Waals surface area contributed by atoms with Gasteiger partial charge < -0.3 is 29.5 Å². The van der Waals surface area contributed by atoms with Crippen LogP contribution in [0.3, 0.4) is 0 Å². The summed E-state index contributed by atoms with van der Waals surface area (Å²) in [6.07, 6.45) is 1.77. The van der Waals surface area contributed by atoms with Crippen LogP contribution in [-0.4, -0.2) is 70.9 Å². The smallest absolute Gasteiger partial charge is 0.310 e. The molecule has 6 atom stereocenters. The average Bonchev–Trinajstić information content (AvgIpc) is 3.56. The molecule has 2 amide bonds. The van der Waals surface area contributed by atoms with Crippen molar-refractivity contribution in [1.29, 1.82) is 0 Å². The number of nitrogens with zero attached hydrogens (tertiary/aromatic N) is 2. The maximum absolute atomic E-state index is 14.4. The highest BCUT2D eigenvalue weighted by molar-refractivity contribution is 6.04. The molecule has 5 rings (SSSR count). The van der Waals surface area contributed by atoms with Crippen LogP contribution in [0.5, 0.6) is 5.75 Å². The Morgan fingerprint density at radius 2 is 1.95 bits per heavy atom. The molecule has 2 N–H and O–H groups in total. The van der Waals surface area contributed by atoms with Crippen LogP contribution in [-0.2, 0) is 19.1 Å². The van der Waals surface area contributed by atoms with Crippen LogP contribution in [0.25, 0.3) is 0 Å². The van der Waals surface area contributed by atoms with Gasteiger partial charge in [-0.1, -0.05) is 36.4 Å². The van der Waals surface area contributed by atoms with Gasteiger partial charge in [0.1, 0.15) is 17.4 Å². The highest BCUT2D eigenvalue weighted by Gasteiger charge is 2.75. The van der Waals surface area contributed by atoms with E-state index in [1.54, 1.807) is 61.7 Å². The summed E-state index contributed by atoms with van der Waals surface area (Å²) in [5, 5.41) is 20.5. The van der Waals surface area contributed by atoms with Crippen LogP contribution < -0.4 is 9.64 Å². The van der Waals surface area contributed by atoms with Crippen LogP contribution in [0.4, 0.5) is 5.69 Å². The number of amides is 2. The number of fused-ring (bicyclic) bond motifs is 1. The minimum Gasteiger partial charge on any atom is -0.497 e. The van der Waals surface area contributed by atoms with Gasteiger partial charge in [0.15, 0.2) is 0 Å². The minimum atomic E-state index is -1.30. The molecule has 3 aliphatic heterocycles. The van der Waals surface area contributed by atoms with Crippen molar-refractivity contribution < 1.29 is 34.1 Å². The zero-order valence-corrected chi connectivity index (χ0v) is 20.5. The second kappa shape index (κ2) is 9.64. The third kappa shape index (κ3) is 3.81. The van der Waals surface area contributed by atoms with Crippen molar-refractivity contribution in [2.45, 2.75) is 36.6 Å². The third-order valence-electron chi connectivity index (χ3n) is 7.91. The molecule has 2 aromatic rings. The van der Waals surface area contributed by atoms with Gasteiger partial charge in [-0.15, -0.1) is 6.58 Å². The number of aliphatic carboxylic acids is 1. The molecule has 0 aromatic heterocycles. The number of carbonyl (C=O) groups is 3. The number of benzene rings is 2. The van der Waals surface area contributed by atoms with Crippen molar-refractivity contribution in [3.63, 3.8) is 0 Å². The Morgan fingerprint density at radius 1 is 1.24 bits per heavy atom. The van der Waals surface area contributed by atoms with Gasteiger partial charge in [-0.25, -0.2) is 0 Å². The fraction of sp³-hybridized carbons (Fsp3) is 0.393. The summed E-state index contributed by atoms with van der Waals surface area (Å²) in [5.41, 5.74) is -0.0788. The lowest BCUT2D eigenvalue weighted by Gasteiger charge is -2.39. The Kier molecular flexibility index (Phi) is 6.51. The van der Waals surface area contributed by atoms with Crippen LogP contribution in [0.2, 0.25) is 0 Å². The first-order chi connectivity index (χ1) is 17.9. The van der Waals surface area contributed by atoms with E-state index in [9.17, 15) is 24.6 Å². The number of rotatable bonds is 9. The van der Waals surface area contributed by atoms with Gasteiger partial charge in [-0.05, 0) is 42.7 Å². The topological polar surface area (TPSA) is 117 Å². The largest absolute Gasteiger partial charge is 0.497 e. The molecule has 9 nitrogen and oxygen atoms in total. The Morgan fingerprint density at radius 3 is 2.54 bits per heavy atom. The summed E-state index contributed by atoms with van der Waals surface area (Å²) in [5.74, 6) is -3.46. The molecule has 2 bridgehead atoms. The zero-order chi connectivity index (χ0) is 26.3. The van der Waals surface area contributed by atoms with Gasteiger partial charge in [0, 0.05) is 12.2 Å². The fourth-order valence-corrected chi connectivity index (χ4v) is 6.38. The van der Waals surface area contributed by atoms with E-state index in [4.69, 9.17) is 9.47 Å². The monoisotopic (exact) mass is 506 g/mol. The molecule has 3 saturated heterocycles. The molecule has 194 valence electrons. The Labute approximate surface area is 214 Å². The van der Waals surface area contributed by atoms with Crippen molar-refractivity contribution >= 4 is 23.5 Å². The number of aliphatic hydroxyl groups is 1. The van der Waals surface area contributed by atoms with E-state index in [0.717, 1.165) is 0 Å². The van der Waals surface area contributed by atoms with E-state index in [-0.39, 0.29) is 6.54 Å². The summed E-state index contributed by atoms with van der Waals surface area (Å²) in [7, 11) is 1.55. The molecule has 9 heteroatoms. The summed E-state index contributed by atoms with van der Waals surface area (Å²) in [4.78, 5) is 43.6. The number of likely N-dealkylation sites (tertiary alicyclic amines) is 1. The molecule has 37 heavy (non-hydrogen) atoms. The van der Waals surface area contributed by atoms with E-state index >= 15 is 0 Å². The number of carbonyl (C=O) groups excluding carboxylic acids is 2. The van der Waals surface area contributed by atoms with Crippen LogP contribution in [0.15, 0.2) is 67.3 Å². The first-order valence-electron chi connectivity index (χ1n) is 12.3. The minimum absolute atomic E-state index is 0.158. The Hall–Kier alpha value is -3.69. The van der Waals surface area contributed by atoms with Crippen molar-refractivity contribution in [1.82, 2.24) is 4.90 Å². The number of carboxylic acid groups (broad SMARTS) is 1. The number of hydrogen-bond donors (Lipinski definition) is 2. The van der Waals surface area contributed by atoms with Crippen molar-refractivity contribution in [3.8, 4) is 5.75 Å². The molecule has 1 spiro atoms. The third-order valence-corrected chi connectivity index (χ3v) is 7.91. The van der Waals surface area contributed by atoms with Crippen molar-refractivity contribution in [3.05, 3.63) is 72.8 Å². The van der Waals surface area contributed by atoms with Crippen LogP contribution in [0, 0.1) is 11.8 Å². The predicted molar refractivity (Wildman–Crippen MR) is 134 cm³/mol. The lowest BCUT2D eigenvalue weighted by molar-refractivity contribution is -0.151. The van der Waals surface area contributed by atoms with E-state index < -0.39 is 60.0 Å². The highest BCUT2D eigenvalue weighted by Crippen LogP contribution is 2.60. The molecule has 0 aliphatic carbocycles. The Balaban J connectivity index is 1.63. The Bertz CT molecular complexity index is 1200. The SMILES string of the molecule is C=CCN(C(=O)[C@@H]1N([C@H](CO)c2ccccc2)C(=O)[C@H]2[C@H](C(=O)O)[C@@H]3CC[C@]12O3)c1ccc(OC)cc1. The number of methoxy groups -OCH3 is 1. The van der Waals surface area contributed by atoms with Crippen LogP contribution >= 0.6 is 0 Å². The number of hydrogen-bond acceptors (Lipinski definition) is 6. The lowest BCUT2D eigenvalue weighted by Crippen LogP contribution is -2.57. The summed E-state index contributed by atoms with van der Waals surface area (Å²) >= 11 is 0. The van der Waals surface area contributed by atoms with E-state index in [0.29, 0.717) is 29.8 Å². The maximum Gasteiger partial charge on any atom is 0.310 e. The van der Waals surface area contributed by atoms with Gasteiger partial charge in [-0.2, -0.15) is 0 Å². The van der Waals surface area contributed by atoms with E-state index in [1.807, 2.05) is 6.07 Å². The number of ether oxygens (including phenoxy) is 2. The van der Waals surface area contributed by atoms with Crippen LogP contribution in [0.1, 0.15) is 24.4 Å². The molecule has 0 radical (unpaired) electrons. The second-order valence-electron chi connectivity index (χ2n) is 9.68. The first-order valence-corrected chi connectivity index (χ1v) is 12.3. The average molecular weight is 507 g/mol. The van der Waals surface area contributed by atoms with Gasteiger partial charge in [0.25, 0.3) is 5.91 Å². The maximum atomic E-state index is 14.4. The molecule has 2 aromatic carbocycles. The molecular formula is C28H30N2O7. The predicted octanol–water partition coefficient (Wildman–Crippen LogP) is 2.41. The summed E-state index contributed by atoms with van der Waals surface area (Å²) < 4.78 is 11.6. The summed E-state index contributed by atoms with van der Waals surface area (Å²) in [6.45, 7) is 3.52. The first kappa shape index (κ1) is 25.0. The molecular weight excluding hydrogens is 476 g/mol. The van der Waals surface area contributed by atoms with Gasteiger partial charge >= 0.3 is 5.97 Å². The zero-order valence-electron chi connectivity index (χ0n) is 20.5. The highest BCUT2D eigenvalue weighted by atomic mass is 16.5. The molecule has 3 aliphatic rings. The quantitative estimate of drug-likeness (QED) is 0.502. The number of anilines is 1. The van der Waals surface area contributed by atoms with Gasteiger partial charge in [-0.3, -0.25) is 14.4 Å². The molecule has 0 saturated carbocycles. The van der Waals surface area contributed by atoms with E-state index in [1.165, 1.54) is 9.80 Å². The van der Waals surface area contributed by atoms with E-state index in [2.05, 4.69) is 6.58 Å².